The highest BCUT2D eigenvalue weighted by molar-refractivity contribution is 5.79. The maximum atomic E-state index is 12.1. The summed E-state index contributed by atoms with van der Waals surface area (Å²) in [4.78, 5) is 14.3. The molecule has 3 aliphatic rings. The summed E-state index contributed by atoms with van der Waals surface area (Å²) in [5, 5.41) is 15.3. The van der Waals surface area contributed by atoms with Crippen LogP contribution in [0.3, 0.4) is 0 Å². The highest BCUT2D eigenvalue weighted by Crippen LogP contribution is 2.57. The van der Waals surface area contributed by atoms with Crippen molar-refractivity contribution < 1.29 is 14.6 Å². The molecule has 26 heavy (non-hydrogen) atoms. The summed E-state index contributed by atoms with van der Waals surface area (Å²) in [5.41, 5.74) is 1.14. The first-order chi connectivity index (χ1) is 12.3. The van der Waals surface area contributed by atoms with E-state index >= 15 is 0 Å². The van der Waals surface area contributed by atoms with Crippen molar-refractivity contribution in [2.45, 2.75) is 62.6 Å². The number of carbonyl (C=O) groups is 1. The Bertz CT molecular complexity index is 736. The molecule has 5 heteroatoms. The molecule has 4 rings (SSSR count). The minimum absolute atomic E-state index is 0.0403. The Morgan fingerprint density at radius 3 is 2.85 bits per heavy atom. The molecule has 1 aromatic carbocycles. The van der Waals surface area contributed by atoms with Crippen molar-refractivity contribution >= 4 is 5.91 Å². The summed E-state index contributed by atoms with van der Waals surface area (Å²) >= 11 is 0. The van der Waals surface area contributed by atoms with Gasteiger partial charge in [0, 0.05) is 23.9 Å². The Morgan fingerprint density at radius 2 is 2.12 bits per heavy atom. The van der Waals surface area contributed by atoms with E-state index in [1.165, 1.54) is 11.1 Å². The van der Waals surface area contributed by atoms with Crippen LogP contribution in [0, 0.1) is 12.8 Å². The van der Waals surface area contributed by atoms with E-state index in [0.717, 1.165) is 25.1 Å². The molecule has 1 aliphatic carbocycles. The van der Waals surface area contributed by atoms with E-state index in [4.69, 9.17) is 4.74 Å². The van der Waals surface area contributed by atoms with E-state index in [0.29, 0.717) is 12.8 Å². The van der Waals surface area contributed by atoms with Crippen LogP contribution in [0.1, 0.15) is 43.7 Å². The third-order valence-corrected chi connectivity index (χ3v) is 7.54. The van der Waals surface area contributed by atoms with Crippen molar-refractivity contribution in [3.8, 4) is 5.75 Å². The fourth-order valence-electron chi connectivity index (χ4n) is 5.88. The van der Waals surface area contributed by atoms with Crippen LogP contribution in [0.15, 0.2) is 18.2 Å². The zero-order chi connectivity index (χ0) is 18.7. The minimum atomic E-state index is -0.857. The number of benzene rings is 1. The molecule has 0 radical (unpaired) electrons. The Balaban J connectivity index is 1.88. The predicted octanol–water partition coefficient (Wildman–Crippen LogP) is 2.00. The van der Waals surface area contributed by atoms with E-state index in [9.17, 15) is 9.90 Å². The molecule has 5 nitrogen and oxygen atoms in total. The van der Waals surface area contributed by atoms with Crippen LogP contribution in [0.4, 0.5) is 0 Å². The number of carbonyl (C=O) groups excluding carboxylic acids is 1. The van der Waals surface area contributed by atoms with Crippen LogP contribution < -0.4 is 10.1 Å². The topological polar surface area (TPSA) is 61.8 Å². The first-order valence-electron chi connectivity index (χ1n) is 9.68. The van der Waals surface area contributed by atoms with E-state index in [2.05, 4.69) is 43.2 Å². The number of likely N-dealkylation sites (tertiary alicyclic amines) is 1. The maximum Gasteiger partial charge on any atom is 0.220 e. The Labute approximate surface area is 155 Å². The van der Waals surface area contributed by atoms with Crippen molar-refractivity contribution in [1.29, 1.82) is 0 Å². The molecule has 2 saturated heterocycles. The lowest BCUT2D eigenvalue weighted by Gasteiger charge is -2.62. The normalized spacial score (nSPS) is 39.9. The summed E-state index contributed by atoms with van der Waals surface area (Å²) in [6.45, 7) is 5.19. The number of hydrogen-bond donors (Lipinski definition) is 2. The summed E-state index contributed by atoms with van der Waals surface area (Å²) in [6.07, 6.45) is 2.89. The molecule has 0 bridgehead atoms. The van der Waals surface area contributed by atoms with Crippen LogP contribution in [-0.2, 0) is 10.2 Å². The van der Waals surface area contributed by atoms with E-state index < -0.39 is 5.60 Å². The molecule has 5 atom stereocenters. The summed E-state index contributed by atoms with van der Waals surface area (Å²) in [6, 6.07) is 6.37. The number of aliphatic hydroxyl groups is 1. The van der Waals surface area contributed by atoms with Gasteiger partial charge in [0.25, 0.3) is 0 Å². The standard InChI is InChI=1S/C21H30N2O3/c1-13-5-6-16(26-4)10-17(13)20-7-8-23(3)14(2)21(20,25)11-15-9-19(24)22-18(15)12-20/h5-6,10,14-15,18,25H,7-9,11-12H2,1-4H3,(H,22,24)/t14?,15?,18-,20+,21?/m0/s1. The van der Waals surface area contributed by atoms with Crippen molar-refractivity contribution in [3.63, 3.8) is 0 Å². The number of nitrogens with one attached hydrogen (secondary N) is 1. The Hall–Kier alpha value is -1.59. The first-order valence-corrected chi connectivity index (χ1v) is 9.68. The maximum absolute atomic E-state index is 12.1. The monoisotopic (exact) mass is 358 g/mol. The number of nitrogens with zero attached hydrogens (tertiary/aromatic N) is 1. The highest BCUT2D eigenvalue weighted by atomic mass is 16.5. The molecule has 142 valence electrons. The van der Waals surface area contributed by atoms with Gasteiger partial charge in [-0.2, -0.15) is 0 Å². The molecular formula is C21H30N2O3. The number of rotatable bonds is 2. The summed E-state index contributed by atoms with van der Waals surface area (Å²) < 4.78 is 5.50. The van der Waals surface area contributed by atoms with Crippen molar-refractivity contribution in [2.24, 2.45) is 5.92 Å². The van der Waals surface area contributed by atoms with Crippen molar-refractivity contribution in [3.05, 3.63) is 29.3 Å². The van der Waals surface area contributed by atoms with Gasteiger partial charge in [-0.25, -0.2) is 0 Å². The molecule has 1 amide bonds. The highest BCUT2D eigenvalue weighted by Gasteiger charge is 2.63. The van der Waals surface area contributed by atoms with Gasteiger partial charge < -0.3 is 20.1 Å². The fraction of sp³-hybridized carbons (Fsp3) is 0.667. The van der Waals surface area contributed by atoms with Gasteiger partial charge in [0.1, 0.15) is 5.75 Å². The predicted molar refractivity (Wildman–Crippen MR) is 100 cm³/mol. The summed E-state index contributed by atoms with van der Waals surface area (Å²) in [7, 11) is 3.78. The molecular weight excluding hydrogens is 328 g/mol. The average molecular weight is 358 g/mol. The van der Waals surface area contributed by atoms with E-state index in [1.54, 1.807) is 7.11 Å². The van der Waals surface area contributed by atoms with Gasteiger partial charge in [-0.05, 0) is 75.9 Å². The van der Waals surface area contributed by atoms with Crippen molar-refractivity contribution in [2.75, 3.05) is 20.7 Å². The lowest BCUT2D eigenvalue weighted by atomic mass is 9.50. The van der Waals surface area contributed by atoms with Crippen LogP contribution >= 0.6 is 0 Å². The second-order valence-corrected chi connectivity index (χ2v) is 8.64. The minimum Gasteiger partial charge on any atom is -0.497 e. The zero-order valence-corrected chi connectivity index (χ0v) is 16.2. The molecule has 2 heterocycles. The first kappa shape index (κ1) is 17.8. The van der Waals surface area contributed by atoms with Crippen LogP contribution in [0.5, 0.6) is 5.75 Å². The van der Waals surface area contributed by atoms with Gasteiger partial charge in [-0.15, -0.1) is 0 Å². The lowest BCUT2D eigenvalue weighted by Crippen LogP contribution is -2.71. The summed E-state index contributed by atoms with van der Waals surface area (Å²) in [5.74, 6) is 1.17. The molecule has 2 aliphatic heterocycles. The molecule has 1 aromatic rings. The molecule has 3 fully saturated rings. The van der Waals surface area contributed by atoms with E-state index in [1.807, 2.05) is 6.07 Å². The van der Waals surface area contributed by atoms with Gasteiger partial charge in [-0.1, -0.05) is 6.07 Å². The van der Waals surface area contributed by atoms with Gasteiger partial charge >= 0.3 is 0 Å². The number of amides is 1. The number of likely N-dealkylation sites (N-methyl/N-ethyl adjacent to an activating group) is 1. The van der Waals surface area contributed by atoms with Gasteiger partial charge in [0.2, 0.25) is 5.91 Å². The molecule has 0 aromatic heterocycles. The van der Waals surface area contributed by atoms with Crippen LogP contribution in [0.25, 0.3) is 0 Å². The van der Waals surface area contributed by atoms with Crippen LogP contribution in [-0.4, -0.2) is 54.3 Å². The largest absolute Gasteiger partial charge is 0.497 e. The second kappa shape index (κ2) is 5.96. The number of fused-ring (bicyclic) bond motifs is 2. The van der Waals surface area contributed by atoms with Gasteiger partial charge in [0.05, 0.1) is 12.7 Å². The Morgan fingerprint density at radius 1 is 1.35 bits per heavy atom. The number of aryl methyl sites for hydroxylation is 1. The Kier molecular flexibility index (Phi) is 4.08. The molecule has 3 unspecified atom stereocenters. The zero-order valence-electron chi connectivity index (χ0n) is 16.2. The second-order valence-electron chi connectivity index (χ2n) is 8.64. The number of piperidine rings is 1. The molecule has 0 spiro atoms. The molecule has 2 N–H and O–H groups in total. The third kappa shape index (κ3) is 2.33. The fourth-order valence-corrected chi connectivity index (χ4v) is 5.88. The smallest absolute Gasteiger partial charge is 0.220 e. The number of ether oxygens (including phenoxy) is 1. The SMILES string of the molecule is COc1ccc(C)c([C@]23CCN(C)C(C)C2(O)CC2CC(=O)N[C@H]2C3)c1. The van der Waals surface area contributed by atoms with Crippen molar-refractivity contribution in [1.82, 2.24) is 10.2 Å². The van der Waals surface area contributed by atoms with Crippen LogP contribution in [0.2, 0.25) is 0 Å². The average Bonchev–Trinajstić information content (AvgIpc) is 2.96. The quantitative estimate of drug-likeness (QED) is 0.849. The number of hydrogen-bond acceptors (Lipinski definition) is 4. The third-order valence-electron chi connectivity index (χ3n) is 7.54. The molecule has 1 saturated carbocycles. The van der Waals surface area contributed by atoms with Gasteiger partial charge in [-0.3, -0.25) is 4.79 Å². The van der Waals surface area contributed by atoms with Gasteiger partial charge in [0.15, 0.2) is 0 Å². The lowest BCUT2D eigenvalue weighted by molar-refractivity contribution is -0.162. The van der Waals surface area contributed by atoms with E-state index in [-0.39, 0.29) is 29.3 Å². The number of methoxy groups -OCH3 is 1.